The standard InChI is InChI=1S/C9H9B/c1-4-7-10(8-5-2)9-6-3/h1-3H,7-9H2. The van der Waals surface area contributed by atoms with E-state index in [-0.39, 0.29) is 0 Å². The van der Waals surface area contributed by atoms with Gasteiger partial charge in [0.25, 0.3) is 0 Å². The molecule has 0 saturated carbocycles. The Bertz CT molecular complexity index is 158. The van der Waals surface area contributed by atoms with Crippen molar-refractivity contribution in [3.8, 4) is 37.0 Å². The summed E-state index contributed by atoms with van der Waals surface area (Å²) in [4.78, 5) is 0. The Hall–Kier alpha value is -1.26. The van der Waals surface area contributed by atoms with Gasteiger partial charge in [-0.3, -0.25) is 0 Å². The molecular formula is C9H9B. The van der Waals surface area contributed by atoms with Gasteiger partial charge in [-0.1, -0.05) is 0 Å². The molecule has 0 aliphatic rings. The molecule has 48 valence electrons. The van der Waals surface area contributed by atoms with Crippen molar-refractivity contribution in [3.05, 3.63) is 0 Å². The van der Waals surface area contributed by atoms with Gasteiger partial charge in [-0.25, -0.2) is 0 Å². The Morgan fingerprint density at radius 2 is 1.10 bits per heavy atom. The fourth-order valence-electron chi connectivity index (χ4n) is 0.717. The predicted molar refractivity (Wildman–Crippen MR) is 46.7 cm³/mol. The molecule has 0 spiro atoms. The van der Waals surface area contributed by atoms with E-state index in [0.717, 1.165) is 0 Å². The second-order valence-corrected chi connectivity index (χ2v) is 2.09. The summed E-state index contributed by atoms with van der Waals surface area (Å²) in [6.07, 6.45) is 17.4. The molecule has 0 amide bonds. The molecular weight excluding hydrogens is 119 g/mol. The van der Waals surface area contributed by atoms with Crippen LogP contribution in [0, 0.1) is 37.0 Å². The SMILES string of the molecule is C#CCB(CC#C)CC#C. The Kier molecular flexibility index (Phi) is 5.14. The summed E-state index contributed by atoms with van der Waals surface area (Å²) in [5, 5.41) is 0. The van der Waals surface area contributed by atoms with E-state index in [0.29, 0.717) is 25.7 Å². The minimum absolute atomic E-state index is 0.319. The highest BCUT2D eigenvalue weighted by atomic mass is 13.7. The second kappa shape index (κ2) is 5.87. The third-order valence-electron chi connectivity index (χ3n) is 1.22. The maximum absolute atomic E-state index is 5.10. The zero-order valence-electron chi connectivity index (χ0n) is 5.93. The number of hydrogen-bond acceptors (Lipinski definition) is 0. The van der Waals surface area contributed by atoms with Crippen molar-refractivity contribution in [2.75, 3.05) is 0 Å². The number of terminal acetylenes is 3. The van der Waals surface area contributed by atoms with Crippen molar-refractivity contribution in [2.24, 2.45) is 0 Å². The van der Waals surface area contributed by atoms with Crippen LogP contribution in [0.4, 0.5) is 0 Å². The second-order valence-electron chi connectivity index (χ2n) is 2.09. The molecule has 10 heavy (non-hydrogen) atoms. The molecule has 0 radical (unpaired) electrons. The van der Waals surface area contributed by atoms with Crippen molar-refractivity contribution in [2.45, 2.75) is 19.0 Å². The first-order chi connectivity index (χ1) is 4.85. The molecule has 0 atom stereocenters. The summed E-state index contributed by atoms with van der Waals surface area (Å²) in [5.41, 5.74) is 0. The van der Waals surface area contributed by atoms with Crippen LogP contribution in [0.25, 0.3) is 0 Å². The molecule has 0 rings (SSSR count). The summed E-state index contributed by atoms with van der Waals surface area (Å²) in [7, 11) is 0. The van der Waals surface area contributed by atoms with Crippen LogP contribution in [-0.4, -0.2) is 6.71 Å². The van der Waals surface area contributed by atoms with Gasteiger partial charge in [-0.15, -0.1) is 37.0 Å². The molecule has 0 aromatic heterocycles. The largest absolute Gasteiger partial charge is 0.180 e. The lowest BCUT2D eigenvalue weighted by molar-refractivity contribution is 1.53. The minimum Gasteiger partial charge on any atom is -0.121 e. The first-order valence-corrected chi connectivity index (χ1v) is 3.15. The topological polar surface area (TPSA) is 0 Å². The van der Waals surface area contributed by atoms with Gasteiger partial charge >= 0.3 is 0 Å². The highest BCUT2D eigenvalue weighted by Gasteiger charge is 2.07. The minimum atomic E-state index is 0.319. The fraction of sp³-hybridized carbons (Fsp3) is 0.333. The molecule has 1 heteroatoms. The third kappa shape index (κ3) is 3.71. The van der Waals surface area contributed by atoms with Gasteiger partial charge in [0, 0.05) is 0 Å². The van der Waals surface area contributed by atoms with E-state index in [1.807, 2.05) is 0 Å². The molecule has 0 bridgehead atoms. The van der Waals surface area contributed by atoms with Crippen molar-refractivity contribution >= 4 is 6.71 Å². The fourth-order valence-corrected chi connectivity index (χ4v) is 0.717. The van der Waals surface area contributed by atoms with Crippen LogP contribution in [0.3, 0.4) is 0 Å². The summed E-state index contributed by atoms with van der Waals surface area (Å²) >= 11 is 0. The molecule has 0 saturated heterocycles. The Morgan fingerprint density at radius 3 is 1.30 bits per heavy atom. The molecule has 0 N–H and O–H groups in total. The molecule has 0 aromatic carbocycles. The molecule has 0 unspecified atom stereocenters. The predicted octanol–water partition coefficient (Wildman–Crippen LogP) is 1.38. The smallest absolute Gasteiger partial charge is 0.121 e. The Balaban J connectivity index is 3.68. The lowest BCUT2D eigenvalue weighted by Crippen LogP contribution is -2.08. The van der Waals surface area contributed by atoms with Gasteiger partial charge in [-0.2, -0.15) is 0 Å². The van der Waals surface area contributed by atoms with E-state index >= 15 is 0 Å². The average molecular weight is 128 g/mol. The first-order valence-electron chi connectivity index (χ1n) is 3.15. The van der Waals surface area contributed by atoms with Crippen LogP contribution in [0.2, 0.25) is 19.0 Å². The van der Waals surface area contributed by atoms with E-state index in [1.165, 1.54) is 0 Å². The van der Waals surface area contributed by atoms with Gasteiger partial charge in [0.15, 0.2) is 6.71 Å². The molecule has 0 nitrogen and oxygen atoms in total. The normalized spacial score (nSPS) is 6.90. The average Bonchev–Trinajstić information content (AvgIpc) is 1.90. The quantitative estimate of drug-likeness (QED) is 0.397. The summed E-state index contributed by atoms with van der Waals surface area (Å²) in [6, 6.07) is 0. The van der Waals surface area contributed by atoms with Crippen molar-refractivity contribution in [3.63, 3.8) is 0 Å². The first kappa shape index (κ1) is 8.74. The molecule has 0 aliphatic carbocycles. The zero-order valence-corrected chi connectivity index (χ0v) is 5.93. The van der Waals surface area contributed by atoms with Gasteiger partial charge in [0.05, 0.1) is 0 Å². The van der Waals surface area contributed by atoms with E-state index in [4.69, 9.17) is 19.3 Å². The Morgan fingerprint density at radius 1 is 0.800 bits per heavy atom. The summed E-state index contributed by atoms with van der Waals surface area (Å²) < 4.78 is 0. The van der Waals surface area contributed by atoms with Crippen LogP contribution >= 0.6 is 0 Å². The summed E-state index contributed by atoms with van der Waals surface area (Å²) in [5.74, 6) is 7.64. The zero-order chi connectivity index (χ0) is 7.82. The van der Waals surface area contributed by atoms with Crippen molar-refractivity contribution in [1.82, 2.24) is 0 Å². The van der Waals surface area contributed by atoms with Gasteiger partial charge in [0.1, 0.15) is 0 Å². The van der Waals surface area contributed by atoms with E-state index in [1.54, 1.807) is 0 Å². The molecule has 0 aliphatic heterocycles. The summed E-state index contributed by atoms with van der Waals surface area (Å²) in [6.45, 7) is 0.319. The van der Waals surface area contributed by atoms with Crippen LogP contribution in [0.15, 0.2) is 0 Å². The van der Waals surface area contributed by atoms with Gasteiger partial charge in [0.2, 0.25) is 0 Å². The van der Waals surface area contributed by atoms with Crippen LogP contribution in [-0.2, 0) is 0 Å². The Labute approximate surface area is 63.5 Å². The maximum atomic E-state index is 5.10. The number of rotatable bonds is 3. The van der Waals surface area contributed by atoms with Crippen LogP contribution in [0.5, 0.6) is 0 Å². The molecule has 0 heterocycles. The van der Waals surface area contributed by atoms with Gasteiger partial charge in [-0.05, 0) is 19.0 Å². The highest BCUT2D eigenvalue weighted by molar-refractivity contribution is 6.61. The maximum Gasteiger partial charge on any atom is 0.180 e. The van der Waals surface area contributed by atoms with E-state index in [9.17, 15) is 0 Å². The van der Waals surface area contributed by atoms with Crippen LogP contribution < -0.4 is 0 Å². The third-order valence-corrected chi connectivity index (χ3v) is 1.22. The van der Waals surface area contributed by atoms with E-state index < -0.39 is 0 Å². The van der Waals surface area contributed by atoms with Crippen molar-refractivity contribution < 1.29 is 0 Å². The lowest BCUT2D eigenvalue weighted by Gasteiger charge is -1.99. The molecule has 0 aromatic rings. The van der Waals surface area contributed by atoms with E-state index in [2.05, 4.69) is 17.8 Å². The lowest BCUT2D eigenvalue weighted by atomic mass is 9.43. The number of hydrogen-bond donors (Lipinski definition) is 0. The monoisotopic (exact) mass is 128 g/mol. The van der Waals surface area contributed by atoms with Crippen LogP contribution in [0.1, 0.15) is 0 Å². The molecule has 0 fully saturated rings. The highest BCUT2D eigenvalue weighted by Crippen LogP contribution is 2.02. The van der Waals surface area contributed by atoms with Crippen molar-refractivity contribution in [1.29, 1.82) is 0 Å². The van der Waals surface area contributed by atoms with Gasteiger partial charge < -0.3 is 0 Å².